The summed E-state index contributed by atoms with van der Waals surface area (Å²) in [7, 11) is -3.73. The second-order valence-corrected chi connectivity index (χ2v) is 6.61. The van der Waals surface area contributed by atoms with E-state index in [1.165, 1.54) is 18.5 Å². The van der Waals surface area contributed by atoms with E-state index in [9.17, 15) is 18.3 Å². The number of hydrogen-bond acceptors (Lipinski definition) is 3. The summed E-state index contributed by atoms with van der Waals surface area (Å²) >= 11 is 0. The van der Waals surface area contributed by atoms with Crippen LogP contribution < -0.4 is 0 Å². The van der Waals surface area contributed by atoms with Crippen molar-refractivity contribution in [3.05, 3.63) is 18.5 Å². The third kappa shape index (κ3) is 2.98. The van der Waals surface area contributed by atoms with E-state index in [-0.39, 0.29) is 11.4 Å². The lowest BCUT2D eigenvalue weighted by molar-refractivity contribution is -0.141. The molecule has 1 aliphatic heterocycles. The number of aromatic amines is 1. The Kier molecular flexibility index (Phi) is 4.26. The van der Waals surface area contributed by atoms with Crippen molar-refractivity contribution in [3.8, 4) is 0 Å². The van der Waals surface area contributed by atoms with E-state index in [0.717, 1.165) is 23.6 Å². The predicted octanol–water partition coefficient (Wildman–Crippen LogP) is 1.42. The molecule has 0 radical (unpaired) electrons. The number of carbonyl (C=O) groups is 1. The molecule has 1 aliphatic rings. The highest BCUT2D eigenvalue weighted by molar-refractivity contribution is 7.89. The quantitative estimate of drug-likeness (QED) is 0.879. The van der Waals surface area contributed by atoms with Gasteiger partial charge in [-0.15, -0.1) is 0 Å². The van der Waals surface area contributed by atoms with E-state index < -0.39 is 22.0 Å². The van der Waals surface area contributed by atoms with Gasteiger partial charge in [-0.2, -0.15) is 4.31 Å². The molecule has 0 bridgehead atoms. The number of carboxylic acids is 1. The number of nitrogens with one attached hydrogen (secondary N) is 1. The molecule has 2 N–H and O–H groups in total. The smallest absolute Gasteiger partial charge is 0.322 e. The van der Waals surface area contributed by atoms with Crippen LogP contribution in [-0.2, 0) is 14.8 Å². The number of aromatic nitrogens is 1. The van der Waals surface area contributed by atoms with Crippen molar-refractivity contribution in [2.24, 2.45) is 0 Å². The number of hydrogen-bond donors (Lipinski definition) is 2. The van der Waals surface area contributed by atoms with Crippen LogP contribution in [0.25, 0.3) is 0 Å². The highest BCUT2D eigenvalue weighted by Crippen LogP contribution is 2.24. The predicted molar refractivity (Wildman–Crippen MR) is 69.2 cm³/mol. The number of rotatable bonds is 3. The van der Waals surface area contributed by atoms with Crippen LogP contribution in [0.3, 0.4) is 0 Å². The van der Waals surface area contributed by atoms with Crippen LogP contribution in [0.2, 0.25) is 0 Å². The number of nitrogens with zero attached hydrogens (tertiary/aromatic N) is 1. The van der Waals surface area contributed by atoms with E-state index in [2.05, 4.69) is 4.98 Å². The summed E-state index contributed by atoms with van der Waals surface area (Å²) in [6, 6.07) is 0.493. The Labute approximate surface area is 112 Å². The highest BCUT2D eigenvalue weighted by Gasteiger charge is 2.36. The van der Waals surface area contributed by atoms with Crippen LogP contribution in [0.4, 0.5) is 0 Å². The minimum atomic E-state index is -3.73. The molecule has 6 nitrogen and oxygen atoms in total. The molecule has 1 aromatic heterocycles. The van der Waals surface area contributed by atoms with Crippen molar-refractivity contribution < 1.29 is 18.3 Å². The van der Waals surface area contributed by atoms with E-state index in [1.54, 1.807) is 0 Å². The van der Waals surface area contributed by atoms with Crippen LogP contribution in [0.5, 0.6) is 0 Å². The molecule has 0 aromatic carbocycles. The summed E-state index contributed by atoms with van der Waals surface area (Å²) in [5.41, 5.74) is 0. The third-order valence-electron chi connectivity index (χ3n) is 3.41. The van der Waals surface area contributed by atoms with Gasteiger partial charge in [0.1, 0.15) is 6.04 Å². The Hall–Kier alpha value is -1.34. The molecule has 0 saturated carbocycles. The zero-order valence-corrected chi connectivity index (χ0v) is 11.4. The van der Waals surface area contributed by atoms with Crippen LogP contribution in [-0.4, -0.2) is 41.4 Å². The highest BCUT2D eigenvalue weighted by atomic mass is 32.2. The first-order valence-electron chi connectivity index (χ1n) is 6.41. The first kappa shape index (κ1) is 14.1. The van der Waals surface area contributed by atoms with Gasteiger partial charge in [-0.25, -0.2) is 8.42 Å². The maximum absolute atomic E-state index is 12.5. The lowest BCUT2D eigenvalue weighted by atomic mass is 10.0. The fourth-order valence-corrected chi connectivity index (χ4v) is 4.03. The van der Waals surface area contributed by atoms with Crippen molar-refractivity contribution in [1.29, 1.82) is 0 Å². The van der Waals surface area contributed by atoms with Crippen LogP contribution >= 0.6 is 0 Å². The molecule has 0 aliphatic carbocycles. The van der Waals surface area contributed by atoms with Gasteiger partial charge in [-0.3, -0.25) is 4.79 Å². The minimum Gasteiger partial charge on any atom is -0.480 e. The van der Waals surface area contributed by atoms with Crippen molar-refractivity contribution in [2.45, 2.75) is 43.0 Å². The summed E-state index contributed by atoms with van der Waals surface area (Å²) in [5.74, 6) is -1.07. The maximum atomic E-state index is 12.5. The minimum absolute atomic E-state index is 0.124. The molecule has 7 heteroatoms. The van der Waals surface area contributed by atoms with Crippen molar-refractivity contribution in [2.75, 3.05) is 6.54 Å². The molecule has 1 fully saturated rings. The standard InChI is InChI=1S/C12H18N2O4S/c15-12(16)11-5-3-1-2-4-8-14(11)19(17,18)10-6-7-13-9-10/h6-7,9,11,13H,1-5,8H2,(H,15,16). The zero-order valence-electron chi connectivity index (χ0n) is 10.6. The van der Waals surface area contributed by atoms with Gasteiger partial charge in [0.15, 0.2) is 0 Å². The SMILES string of the molecule is O=C(O)C1CCCCCCN1S(=O)(=O)c1cc[nH]c1. The number of sulfonamides is 1. The van der Waals surface area contributed by atoms with E-state index >= 15 is 0 Å². The van der Waals surface area contributed by atoms with Gasteiger partial charge in [0.05, 0.1) is 4.90 Å². The first-order chi connectivity index (χ1) is 9.03. The average molecular weight is 286 g/mol. The van der Waals surface area contributed by atoms with Crippen molar-refractivity contribution in [3.63, 3.8) is 0 Å². The van der Waals surface area contributed by atoms with Crippen LogP contribution in [0, 0.1) is 0 Å². The molecule has 19 heavy (non-hydrogen) atoms. The molecule has 2 rings (SSSR count). The molecule has 1 unspecified atom stereocenters. The molecule has 1 saturated heterocycles. The Morgan fingerprint density at radius 3 is 2.68 bits per heavy atom. The van der Waals surface area contributed by atoms with Gasteiger partial charge in [0.25, 0.3) is 0 Å². The molecule has 0 amide bonds. The van der Waals surface area contributed by atoms with Gasteiger partial charge in [-0.1, -0.05) is 19.3 Å². The summed E-state index contributed by atoms with van der Waals surface area (Å²) in [6.45, 7) is 0.268. The van der Waals surface area contributed by atoms with Crippen molar-refractivity contribution in [1.82, 2.24) is 9.29 Å². The van der Waals surface area contributed by atoms with Gasteiger partial charge < -0.3 is 10.1 Å². The summed E-state index contributed by atoms with van der Waals surface area (Å²) < 4.78 is 26.1. The summed E-state index contributed by atoms with van der Waals surface area (Å²) in [4.78, 5) is 14.2. The normalized spacial score (nSPS) is 22.6. The largest absolute Gasteiger partial charge is 0.480 e. The Morgan fingerprint density at radius 1 is 1.32 bits per heavy atom. The maximum Gasteiger partial charge on any atom is 0.322 e. The second kappa shape index (κ2) is 5.75. The summed E-state index contributed by atoms with van der Waals surface area (Å²) in [5, 5.41) is 9.27. The molecule has 106 valence electrons. The Bertz CT molecular complexity index is 524. The van der Waals surface area contributed by atoms with Gasteiger partial charge >= 0.3 is 5.97 Å². The van der Waals surface area contributed by atoms with E-state index in [1.807, 2.05) is 0 Å². The lowest BCUT2D eigenvalue weighted by Gasteiger charge is -2.29. The molecule has 2 heterocycles. The summed E-state index contributed by atoms with van der Waals surface area (Å²) in [6.07, 6.45) is 6.62. The number of aliphatic carboxylic acids is 1. The Balaban J connectivity index is 2.34. The Morgan fingerprint density at radius 2 is 2.05 bits per heavy atom. The second-order valence-electron chi connectivity index (χ2n) is 4.72. The number of carboxylic acid groups (broad SMARTS) is 1. The zero-order chi connectivity index (χ0) is 13.9. The first-order valence-corrected chi connectivity index (χ1v) is 7.85. The fourth-order valence-electron chi connectivity index (χ4n) is 2.40. The molecule has 1 aromatic rings. The fraction of sp³-hybridized carbons (Fsp3) is 0.583. The van der Waals surface area contributed by atoms with E-state index in [4.69, 9.17) is 0 Å². The average Bonchev–Trinajstić information content (AvgIpc) is 2.81. The monoisotopic (exact) mass is 286 g/mol. The molecular weight excluding hydrogens is 268 g/mol. The van der Waals surface area contributed by atoms with E-state index in [0.29, 0.717) is 12.8 Å². The van der Waals surface area contributed by atoms with Crippen molar-refractivity contribution >= 4 is 16.0 Å². The van der Waals surface area contributed by atoms with Gasteiger partial charge in [-0.05, 0) is 18.9 Å². The van der Waals surface area contributed by atoms with Crippen LogP contribution in [0.1, 0.15) is 32.1 Å². The molecular formula is C12H18N2O4S. The van der Waals surface area contributed by atoms with Gasteiger partial charge in [0.2, 0.25) is 10.0 Å². The third-order valence-corrected chi connectivity index (χ3v) is 5.32. The molecule has 1 atom stereocenters. The molecule has 0 spiro atoms. The lowest BCUT2D eigenvalue weighted by Crippen LogP contribution is -2.46. The number of H-pyrrole nitrogens is 1. The topological polar surface area (TPSA) is 90.5 Å². The van der Waals surface area contributed by atoms with Gasteiger partial charge in [0, 0.05) is 18.9 Å². The van der Waals surface area contributed by atoms with Crippen LogP contribution in [0.15, 0.2) is 23.4 Å².